The van der Waals surface area contributed by atoms with E-state index >= 15 is 0 Å². The van der Waals surface area contributed by atoms with Crippen LogP contribution in [0.15, 0.2) is 40.9 Å². The van der Waals surface area contributed by atoms with Crippen molar-refractivity contribution in [2.75, 3.05) is 6.61 Å². The van der Waals surface area contributed by atoms with Crippen molar-refractivity contribution < 1.29 is 14.3 Å². The Balaban J connectivity index is 1.74. The molecule has 0 heterocycles. The van der Waals surface area contributed by atoms with Crippen molar-refractivity contribution in [2.45, 2.75) is 77.4 Å². The van der Waals surface area contributed by atoms with Crippen molar-refractivity contribution in [2.24, 2.45) is 0 Å². The van der Waals surface area contributed by atoms with Crippen LogP contribution in [0.3, 0.4) is 0 Å². The molecule has 1 aliphatic carbocycles. The van der Waals surface area contributed by atoms with E-state index in [2.05, 4.69) is 35.1 Å². The van der Waals surface area contributed by atoms with Crippen molar-refractivity contribution in [3.8, 4) is 5.75 Å². The molecule has 35 heavy (non-hydrogen) atoms. The summed E-state index contributed by atoms with van der Waals surface area (Å²) in [5.41, 5.74) is 1.96. The molecule has 0 radical (unpaired) electrons. The molecule has 190 valence electrons. The van der Waals surface area contributed by atoms with Gasteiger partial charge in [-0.2, -0.15) is 0 Å². The number of nitrogens with zero attached hydrogens (tertiary/aromatic N) is 1. The van der Waals surface area contributed by atoms with Gasteiger partial charge < -0.3 is 15.0 Å². The Hall–Kier alpha value is -1.76. The van der Waals surface area contributed by atoms with Gasteiger partial charge in [0, 0.05) is 12.6 Å². The molecule has 2 aromatic carbocycles. The first kappa shape index (κ1) is 27.8. The summed E-state index contributed by atoms with van der Waals surface area (Å²) >= 11 is 15.8. The molecule has 0 saturated heterocycles. The molecule has 2 aromatic rings. The summed E-state index contributed by atoms with van der Waals surface area (Å²) in [6.07, 6.45) is 5.38. The summed E-state index contributed by atoms with van der Waals surface area (Å²) in [6, 6.07) is 10.6. The van der Waals surface area contributed by atoms with Crippen LogP contribution in [-0.2, 0) is 16.1 Å². The van der Waals surface area contributed by atoms with Crippen LogP contribution in [-0.4, -0.2) is 35.4 Å². The van der Waals surface area contributed by atoms with Gasteiger partial charge >= 0.3 is 0 Å². The van der Waals surface area contributed by atoms with Gasteiger partial charge in [0.15, 0.2) is 6.61 Å². The highest BCUT2D eigenvalue weighted by atomic mass is 79.9. The van der Waals surface area contributed by atoms with Crippen LogP contribution in [0.25, 0.3) is 0 Å². The van der Waals surface area contributed by atoms with Crippen LogP contribution in [0, 0.1) is 0 Å². The molecule has 3 rings (SSSR count). The average Bonchev–Trinajstić information content (AvgIpc) is 2.83. The maximum atomic E-state index is 13.3. The van der Waals surface area contributed by atoms with Gasteiger partial charge in [-0.3, -0.25) is 9.59 Å². The molecule has 1 fully saturated rings. The molecule has 1 saturated carbocycles. The number of nitrogens with one attached hydrogen (secondary N) is 1. The van der Waals surface area contributed by atoms with Gasteiger partial charge in [-0.15, -0.1) is 0 Å². The standard InChI is InChI=1S/C27H33BrCl2N2O3/c1-17(2)20-10-12-25(22(28)14-20)35-16-26(33)32(15-19-9-11-23(29)24(30)13-19)18(3)27(34)31-21-7-5-4-6-8-21/h9-14,17-18,21H,4-8,15-16H2,1-3H3,(H,31,34). The van der Waals surface area contributed by atoms with Gasteiger partial charge in [0.1, 0.15) is 11.8 Å². The number of hydrogen-bond donors (Lipinski definition) is 1. The van der Waals surface area contributed by atoms with E-state index in [0.717, 1.165) is 35.7 Å². The minimum Gasteiger partial charge on any atom is -0.483 e. The number of hydrogen-bond acceptors (Lipinski definition) is 3. The second-order valence-corrected chi connectivity index (χ2v) is 11.1. The molecule has 1 N–H and O–H groups in total. The zero-order valence-corrected chi connectivity index (χ0v) is 23.5. The third kappa shape index (κ3) is 7.86. The molecule has 5 nitrogen and oxygen atoms in total. The summed E-state index contributed by atoms with van der Waals surface area (Å²) < 4.78 is 6.65. The molecule has 1 aliphatic rings. The van der Waals surface area contributed by atoms with E-state index in [4.69, 9.17) is 27.9 Å². The summed E-state index contributed by atoms with van der Waals surface area (Å²) in [4.78, 5) is 28.0. The highest BCUT2D eigenvalue weighted by Gasteiger charge is 2.28. The molecular weight excluding hydrogens is 551 g/mol. The van der Waals surface area contributed by atoms with Crippen molar-refractivity contribution in [3.05, 3.63) is 62.0 Å². The number of carbonyl (C=O) groups is 2. The predicted molar refractivity (Wildman–Crippen MR) is 145 cm³/mol. The normalized spacial score (nSPS) is 15.1. The van der Waals surface area contributed by atoms with E-state index in [1.54, 1.807) is 19.1 Å². The quantitative estimate of drug-likeness (QED) is 0.342. The number of benzene rings is 2. The van der Waals surface area contributed by atoms with Crippen molar-refractivity contribution in [1.82, 2.24) is 10.2 Å². The summed E-state index contributed by atoms with van der Waals surface area (Å²) in [5, 5.41) is 3.97. The maximum absolute atomic E-state index is 13.3. The lowest BCUT2D eigenvalue weighted by atomic mass is 9.95. The van der Waals surface area contributed by atoms with E-state index in [-0.39, 0.29) is 31.0 Å². The molecule has 8 heteroatoms. The fourth-order valence-corrected chi connectivity index (χ4v) is 5.03. The van der Waals surface area contributed by atoms with Gasteiger partial charge in [-0.1, -0.05) is 68.4 Å². The third-order valence-electron chi connectivity index (χ3n) is 6.43. The molecule has 2 amide bonds. The summed E-state index contributed by atoms with van der Waals surface area (Å²) in [6.45, 7) is 6.01. The Kier molecular flexibility index (Phi) is 10.3. The minimum absolute atomic E-state index is 0.159. The SMILES string of the molecule is CC(C)c1ccc(OCC(=O)N(Cc2ccc(Cl)c(Cl)c2)C(C)C(=O)NC2CCCCC2)c(Br)c1. The van der Waals surface area contributed by atoms with Gasteiger partial charge in [-0.25, -0.2) is 0 Å². The van der Waals surface area contributed by atoms with Crippen LogP contribution < -0.4 is 10.1 Å². The highest BCUT2D eigenvalue weighted by molar-refractivity contribution is 9.10. The first-order chi connectivity index (χ1) is 16.7. The lowest BCUT2D eigenvalue weighted by Crippen LogP contribution is -2.51. The smallest absolute Gasteiger partial charge is 0.261 e. The topological polar surface area (TPSA) is 58.6 Å². The summed E-state index contributed by atoms with van der Waals surface area (Å²) in [5.74, 6) is 0.513. The Bertz CT molecular complexity index is 1040. The number of ether oxygens (including phenoxy) is 1. The number of halogens is 3. The van der Waals surface area contributed by atoms with Crippen LogP contribution in [0.2, 0.25) is 10.0 Å². The first-order valence-electron chi connectivity index (χ1n) is 12.1. The predicted octanol–water partition coefficient (Wildman–Crippen LogP) is 7.12. The van der Waals surface area contributed by atoms with Crippen LogP contribution in [0.4, 0.5) is 0 Å². The molecule has 0 bridgehead atoms. The molecule has 1 unspecified atom stereocenters. The van der Waals surface area contributed by atoms with Crippen molar-refractivity contribution >= 4 is 50.9 Å². The fraction of sp³-hybridized carbons (Fsp3) is 0.481. The zero-order chi connectivity index (χ0) is 25.5. The van der Waals surface area contributed by atoms with E-state index in [1.165, 1.54) is 16.9 Å². The number of carbonyl (C=O) groups excluding carboxylic acids is 2. The average molecular weight is 584 g/mol. The summed E-state index contributed by atoms with van der Waals surface area (Å²) in [7, 11) is 0. The Morgan fingerprint density at radius 1 is 1.06 bits per heavy atom. The molecule has 0 aromatic heterocycles. The lowest BCUT2D eigenvalue weighted by Gasteiger charge is -2.31. The number of amides is 2. The maximum Gasteiger partial charge on any atom is 0.261 e. The second kappa shape index (κ2) is 13.0. The van der Waals surface area contributed by atoms with Gasteiger partial charge in [0.2, 0.25) is 5.91 Å². The van der Waals surface area contributed by atoms with Crippen molar-refractivity contribution in [1.29, 1.82) is 0 Å². The highest BCUT2D eigenvalue weighted by Crippen LogP contribution is 2.29. The van der Waals surface area contributed by atoms with Gasteiger partial charge in [0.25, 0.3) is 5.91 Å². The zero-order valence-electron chi connectivity index (χ0n) is 20.5. The van der Waals surface area contributed by atoms with E-state index < -0.39 is 6.04 Å². The fourth-order valence-electron chi connectivity index (χ4n) is 4.20. The molecular formula is C27H33BrCl2N2O3. The molecule has 0 spiro atoms. The monoisotopic (exact) mass is 582 g/mol. The number of rotatable bonds is 9. The molecule has 1 atom stereocenters. The Labute approximate surface area is 226 Å². The lowest BCUT2D eigenvalue weighted by molar-refractivity contribution is -0.142. The Morgan fingerprint density at radius 2 is 1.77 bits per heavy atom. The molecule has 0 aliphatic heterocycles. The van der Waals surface area contributed by atoms with Gasteiger partial charge in [-0.05, 0) is 77.0 Å². The van der Waals surface area contributed by atoms with Gasteiger partial charge in [0.05, 0.1) is 14.5 Å². The van der Waals surface area contributed by atoms with Crippen LogP contribution in [0.5, 0.6) is 5.75 Å². The minimum atomic E-state index is -0.672. The van der Waals surface area contributed by atoms with Crippen LogP contribution in [0.1, 0.15) is 69.9 Å². The third-order valence-corrected chi connectivity index (χ3v) is 7.79. The van der Waals surface area contributed by atoms with E-state index in [9.17, 15) is 9.59 Å². The van der Waals surface area contributed by atoms with Crippen molar-refractivity contribution in [3.63, 3.8) is 0 Å². The largest absolute Gasteiger partial charge is 0.483 e. The first-order valence-corrected chi connectivity index (χ1v) is 13.7. The van der Waals surface area contributed by atoms with Crippen LogP contribution >= 0.6 is 39.1 Å². The van der Waals surface area contributed by atoms with E-state index in [0.29, 0.717) is 21.7 Å². The second-order valence-electron chi connectivity index (χ2n) is 9.42. The van der Waals surface area contributed by atoms with E-state index in [1.807, 2.05) is 24.3 Å². The Morgan fingerprint density at radius 3 is 2.40 bits per heavy atom.